The third kappa shape index (κ3) is 3.74. The predicted octanol–water partition coefficient (Wildman–Crippen LogP) is -0.881. The first-order chi connectivity index (χ1) is 6.58. The van der Waals surface area contributed by atoms with Crippen LogP contribution in [0.15, 0.2) is 0 Å². The van der Waals surface area contributed by atoms with Gasteiger partial charge < -0.3 is 16.4 Å². The molecule has 0 radical (unpaired) electrons. The quantitative estimate of drug-likeness (QED) is 0.549. The van der Waals surface area contributed by atoms with Crippen molar-refractivity contribution in [2.45, 2.75) is 38.3 Å². The van der Waals surface area contributed by atoms with E-state index in [1.807, 2.05) is 0 Å². The van der Waals surface area contributed by atoms with Crippen molar-refractivity contribution in [1.29, 1.82) is 0 Å². The monoisotopic (exact) mass is 199 g/mol. The molecule has 14 heavy (non-hydrogen) atoms. The first kappa shape index (κ1) is 11.0. The number of hydrogen-bond acceptors (Lipinski definition) is 3. The Morgan fingerprint density at radius 3 is 3.00 bits per heavy atom. The molecule has 1 rings (SSSR count). The zero-order valence-electron chi connectivity index (χ0n) is 8.38. The second-order valence-corrected chi connectivity index (χ2v) is 3.79. The van der Waals surface area contributed by atoms with E-state index >= 15 is 0 Å². The van der Waals surface area contributed by atoms with Crippen LogP contribution < -0.4 is 16.4 Å². The molecular weight excluding hydrogens is 182 g/mol. The highest BCUT2D eigenvalue weighted by atomic mass is 16.2. The summed E-state index contributed by atoms with van der Waals surface area (Å²) in [5.41, 5.74) is 5.47. The van der Waals surface area contributed by atoms with Crippen LogP contribution in [0.5, 0.6) is 0 Å². The van der Waals surface area contributed by atoms with Crippen molar-refractivity contribution < 1.29 is 9.59 Å². The maximum atomic E-state index is 11.2. The van der Waals surface area contributed by atoms with Crippen LogP contribution in [0.2, 0.25) is 0 Å². The number of nitrogens with one attached hydrogen (secondary N) is 2. The molecule has 2 unspecified atom stereocenters. The second kappa shape index (κ2) is 4.95. The number of nitrogens with two attached hydrogens (primary N) is 1. The summed E-state index contributed by atoms with van der Waals surface area (Å²) in [6.45, 7) is 2.30. The molecule has 80 valence electrons. The molecule has 0 saturated carbocycles. The largest absolute Gasteiger partial charge is 0.354 e. The van der Waals surface area contributed by atoms with Crippen LogP contribution in [0.25, 0.3) is 0 Å². The third-order valence-corrected chi connectivity index (χ3v) is 2.14. The Morgan fingerprint density at radius 2 is 2.50 bits per heavy atom. The maximum Gasteiger partial charge on any atom is 0.221 e. The van der Waals surface area contributed by atoms with Gasteiger partial charge in [0.1, 0.15) is 0 Å². The topological polar surface area (TPSA) is 84.2 Å². The van der Waals surface area contributed by atoms with Gasteiger partial charge in [-0.25, -0.2) is 0 Å². The van der Waals surface area contributed by atoms with E-state index in [2.05, 4.69) is 10.6 Å². The van der Waals surface area contributed by atoms with Gasteiger partial charge in [-0.2, -0.15) is 0 Å². The fourth-order valence-corrected chi connectivity index (χ4v) is 1.43. The summed E-state index contributed by atoms with van der Waals surface area (Å²) in [5, 5.41) is 5.52. The van der Waals surface area contributed by atoms with Crippen LogP contribution in [0, 0.1) is 0 Å². The fraction of sp³-hybridized carbons (Fsp3) is 0.778. The Labute approximate surface area is 83.4 Å². The third-order valence-electron chi connectivity index (χ3n) is 2.14. The molecule has 5 heteroatoms. The minimum absolute atomic E-state index is 0.0545. The van der Waals surface area contributed by atoms with E-state index in [0.29, 0.717) is 19.4 Å². The highest BCUT2D eigenvalue weighted by molar-refractivity contribution is 5.79. The van der Waals surface area contributed by atoms with Crippen LogP contribution in [0.3, 0.4) is 0 Å². The van der Waals surface area contributed by atoms with Gasteiger partial charge in [0, 0.05) is 31.5 Å². The Balaban J connectivity index is 2.14. The molecule has 1 saturated heterocycles. The van der Waals surface area contributed by atoms with E-state index in [-0.39, 0.29) is 23.9 Å². The molecule has 1 aliphatic rings. The summed E-state index contributed by atoms with van der Waals surface area (Å²) >= 11 is 0. The standard InChI is InChI=1S/C9H17N3O2/c1-6(10)4-9(14)11-5-7-2-3-8(13)12-7/h6-7H,2-5,10H2,1H3,(H,11,14)(H,12,13). The minimum atomic E-state index is -0.117. The molecule has 0 spiro atoms. The summed E-state index contributed by atoms with van der Waals surface area (Å²) in [7, 11) is 0. The highest BCUT2D eigenvalue weighted by Crippen LogP contribution is 2.04. The van der Waals surface area contributed by atoms with Crippen molar-refractivity contribution in [3.63, 3.8) is 0 Å². The average Bonchev–Trinajstić information content (AvgIpc) is 2.47. The second-order valence-electron chi connectivity index (χ2n) is 3.79. The number of carbonyl (C=O) groups is 2. The van der Waals surface area contributed by atoms with Crippen LogP contribution in [0.1, 0.15) is 26.2 Å². The van der Waals surface area contributed by atoms with Crippen LogP contribution >= 0.6 is 0 Å². The molecule has 1 aliphatic heterocycles. The molecule has 0 aromatic rings. The minimum Gasteiger partial charge on any atom is -0.354 e. The molecule has 0 bridgehead atoms. The van der Waals surface area contributed by atoms with Crippen molar-refractivity contribution >= 4 is 11.8 Å². The van der Waals surface area contributed by atoms with E-state index < -0.39 is 0 Å². The van der Waals surface area contributed by atoms with Gasteiger partial charge in [0.25, 0.3) is 0 Å². The van der Waals surface area contributed by atoms with Crippen LogP contribution in [-0.2, 0) is 9.59 Å². The SMILES string of the molecule is CC(N)CC(=O)NCC1CCC(=O)N1. The Bertz CT molecular complexity index is 228. The van der Waals surface area contributed by atoms with Gasteiger partial charge in [-0.15, -0.1) is 0 Å². The lowest BCUT2D eigenvalue weighted by molar-refractivity contribution is -0.122. The number of carbonyl (C=O) groups excluding carboxylic acids is 2. The summed E-state index contributed by atoms with van der Waals surface area (Å²) in [5.74, 6) is 0.0117. The molecule has 0 aromatic carbocycles. The molecule has 5 nitrogen and oxygen atoms in total. The van der Waals surface area contributed by atoms with Gasteiger partial charge >= 0.3 is 0 Å². The Kier molecular flexibility index (Phi) is 3.88. The average molecular weight is 199 g/mol. The molecule has 2 amide bonds. The van der Waals surface area contributed by atoms with Crippen molar-refractivity contribution in [3.05, 3.63) is 0 Å². The molecule has 0 aromatic heterocycles. The summed E-state index contributed by atoms with van der Waals surface area (Å²) < 4.78 is 0. The van der Waals surface area contributed by atoms with Crippen molar-refractivity contribution in [2.75, 3.05) is 6.54 Å². The summed E-state index contributed by atoms with van der Waals surface area (Å²) in [6.07, 6.45) is 1.70. The fourth-order valence-electron chi connectivity index (χ4n) is 1.43. The maximum absolute atomic E-state index is 11.2. The first-order valence-corrected chi connectivity index (χ1v) is 4.89. The van der Waals surface area contributed by atoms with E-state index in [0.717, 1.165) is 6.42 Å². The van der Waals surface area contributed by atoms with Gasteiger partial charge in [-0.1, -0.05) is 0 Å². The van der Waals surface area contributed by atoms with Crippen molar-refractivity contribution in [1.82, 2.24) is 10.6 Å². The van der Waals surface area contributed by atoms with Crippen LogP contribution in [-0.4, -0.2) is 30.4 Å². The number of rotatable bonds is 4. The lowest BCUT2D eigenvalue weighted by atomic mass is 10.2. The van der Waals surface area contributed by atoms with E-state index in [9.17, 15) is 9.59 Å². The van der Waals surface area contributed by atoms with Crippen LogP contribution in [0.4, 0.5) is 0 Å². The molecule has 1 heterocycles. The predicted molar refractivity (Wildman–Crippen MR) is 52.4 cm³/mol. The highest BCUT2D eigenvalue weighted by Gasteiger charge is 2.20. The van der Waals surface area contributed by atoms with E-state index in [4.69, 9.17) is 5.73 Å². The lowest BCUT2D eigenvalue weighted by Crippen LogP contribution is -2.39. The van der Waals surface area contributed by atoms with Gasteiger partial charge in [0.15, 0.2) is 0 Å². The zero-order valence-corrected chi connectivity index (χ0v) is 8.38. The molecule has 4 N–H and O–H groups in total. The van der Waals surface area contributed by atoms with Gasteiger partial charge in [-0.3, -0.25) is 9.59 Å². The smallest absolute Gasteiger partial charge is 0.221 e. The molecular formula is C9H17N3O2. The Morgan fingerprint density at radius 1 is 1.79 bits per heavy atom. The molecule has 1 fully saturated rings. The first-order valence-electron chi connectivity index (χ1n) is 4.89. The zero-order chi connectivity index (χ0) is 10.6. The normalized spacial score (nSPS) is 23.0. The molecule has 0 aliphatic carbocycles. The number of amides is 2. The summed E-state index contributed by atoms with van der Waals surface area (Å²) in [4.78, 5) is 22.0. The Hall–Kier alpha value is -1.10. The molecule has 2 atom stereocenters. The van der Waals surface area contributed by atoms with Gasteiger partial charge in [0.2, 0.25) is 11.8 Å². The van der Waals surface area contributed by atoms with Crippen molar-refractivity contribution in [3.8, 4) is 0 Å². The van der Waals surface area contributed by atoms with E-state index in [1.54, 1.807) is 6.92 Å². The van der Waals surface area contributed by atoms with Crippen molar-refractivity contribution in [2.24, 2.45) is 5.73 Å². The van der Waals surface area contributed by atoms with Gasteiger partial charge in [-0.05, 0) is 13.3 Å². The van der Waals surface area contributed by atoms with E-state index in [1.165, 1.54) is 0 Å². The number of hydrogen-bond donors (Lipinski definition) is 3. The summed E-state index contributed by atoms with van der Waals surface area (Å²) in [6, 6.07) is -0.0206. The van der Waals surface area contributed by atoms with Gasteiger partial charge in [0.05, 0.1) is 0 Å². The lowest BCUT2D eigenvalue weighted by Gasteiger charge is -2.12.